The predicted octanol–water partition coefficient (Wildman–Crippen LogP) is 1.08. The van der Waals surface area contributed by atoms with Gasteiger partial charge in [-0.3, -0.25) is 20.4 Å². The van der Waals surface area contributed by atoms with Gasteiger partial charge >= 0.3 is 0 Å². The normalized spacial score (nSPS) is 17.0. The van der Waals surface area contributed by atoms with Gasteiger partial charge in [-0.1, -0.05) is 30.3 Å². The van der Waals surface area contributed by atoms with E-state index in [4.69, 9.17) is 0 Å². The minimum Gasteiger partial charge on any atom is -0.340 e. The number of aromatic nitrogens is 2. The second-order valence-corrected chi connectivity index (χ2v) is 6.03. The van der Waals surface area contributed by atoms with Gasteiger partial charge in [-0.25, -0.2) is 9.97 Å². The van der Waals surface area contributed by atoms with Crippen molar-refractivity contribution in [2.45, 2.75) is 19.3 Å². The van der Waals surface area contributed by atoms with Crippen molar-refractivity contribution < 1.29 is 9.59 Å². The Morgan fingerprint density at radius 1 is 1.08 bits per heavy atom. The summed E-state index contributed by atoms with van der Waals surface area (Å²) in [6, 6.07) is 11.2. The highest BCUT2D eigenvalue weighted by Gasteiger charge is 2.27. The third kappa shape index (κ3) is 4.76. The van der Waals surface area contributed by atoms with E-state index in [-0.39, 0.29) is 24.2 Å². The molecule has 0 saturated carbocycles. The summed E-state index contributed by atoms with van der Waals surface area (Å²) in [5, 5.41) is 0. The molecule has 1 atom stereocenters. The van der Waals surface area contributed by atoms with Crippen LogP contribution in [-0.4, -0.2) is 34.9 Å². The number of hydrogen-bond acceptors (Lipinski definition) is 5. The number of hydrazine groups is 1. The lowest BCUT2D eigenvalue weighted by molar-refractivity contribution is -0.131. The molecule has 0 spiro atoms. The third-order valence-corrected chi connectivity index (χ3v) is 4.16. The average Bonchev–Trinajstić information content (AvgIpc) is 2.68. The van der Waals surface area contributed by atoms with Gasteiger partial charge < -0.3 is 4.90 Å². The second kappa shape index (κ2) is 8.23. The van der Waals surface area contributed by atoms with Crippen LogP contribution in [0.3, 0.4) is 0 Å². The molecule has 7 nitrogen and oxygen atoms in total. The molecule has 2 heterocycles. The van der Waals surface area contributed by atoms with Gasteiger partial charge in [-0.2, -0.15) is 0 Å². The molecule has 0 aliphatic carbocycles. The Labute approximate surface area is 146 Å². The van der Waals surface area contributed by atoms with Crippen LogP contribution in [0.2, 0.25) is 0 Å². The van der Waals surface area contributed by atoms with Crippen LogP contribution < -0.4 is 15.8 Å². The van der Waals surface area contributed by atoms with E-state index in [1.54, 1.807) is 18.5 Å². The van der Waals surface area contributed by atoms with Crippen LogP contribution >= 0.6 is 0 Å². The molecule has 3 rings (SSSR count). The lowest BCUT2D eigenvalue weighted by atomic mass is 9.98. The fourth-order valence-electron chi connectivity index (χ4n) is 2.89. The Morgan fingerprint density at radius 3 is 2.60 bits per heavy atom. The highest BCUT2D eigenvalue weighted by Crippen LogP contribution is 2.19. The maximum absolute atomic E-state index is 12.3. The molecular formula is C18H21N5O2. The van der Waals surface area contributed by atoms with Crippen LogP contribution in [-0.2, 0) is 16.0 Å². The zero-order chi connectivity index (χ0) is 17.5. The largest absolute Gasteiger partial charge is 0.340 e. The summed E-state index contributed by atoms with van der Waals surface area (Å²) in [4.78, 5) is 34.7. The van der Waals surface area contributed by atoms with E-state index in [0.29, 0.717) is 12.5 Å². The number of hydrogen-bond donors (Lipinski definition) is 2. The van der Waals surface area contributed by atoms with Gasteiger partial charge in [0.05, 0.1) is 12.3 Å². The molecule has 1 aliphatic rings. The Kier molecular flexibility index (Phi) is 5.56. The van der Waals surface area contributed by atoms with E-state index in [2.05, 4.69) is 20.8 Å². The molecule has 0 radical (unpaired) electrons. The first-order valence-electron chi connectivity index (χ1n) is 8.37. The number of carbonyl (C=O) groups is 2. The van der Waals surface area contributed by atoms with E-state index in [1.807, 2.05) is 35.2 Å². The molecule has 130 valence electrons. The van der Waals surface area contributed by atoms with Crippen LogP contribution in [0.1, 0.15) is 18.4 Å². The van der Waals surface area contributed by atoms with E-state index in [1.165, 1.54) is 0 Å². The molecule has 1 aromatic heterocycles. The molecule has 1 aliphatic heterocycles. The average molecular weight is 339 g/mol. The summed E-state index contributed by atoms with van der Waals surface area (Å²) in [6.45, 7) is 1.37. The molecule has 1 aromatic carbocycles. The Bertz CT molecular complexity index is 708. The molecule has 7 heteroatoms. The number of rotatable bonds is 4. The molecule has 2 N–H and O–H groups in total. The number of piperidine rings is 1. The Balaban J connectivity index is 1.48. The van der Waals surface area contributed by atoms with Crippen LogP contribution in [0.25, 0.3) is 0 Å². The summed E-state index contributed by atoms with van der Waals surface area (Å²) in [7, 11) is 0. The summed E-state index contributed by atoms with van der Waals surface area (Å²) in [5.41, 5.74) is 5.94. The van der Waals surface area contributed by atoms with Crippen molar-refractivity contribution >= 4 is 17.8 Å². The Morgan fingerprint density at radius 2 is 1.84 bits per heavy atom. The first-order valence-corrected chi connectivity index (χ1v) is 8.37. The van der Waals surface area contributed by atoms with Crippen LogP contribution in [0.4, 0.5) is 5.95 Å². The van der Waals surface area contributed by atoms with Crippen molar-refractivity contribution in [2.75, 3.05) is 18.0 Å². The monoisotopic (exact) mass is 339 g/mol. The van der Waals surface area contributed by atoms with Gasteiger partial charge in [0, 0.05) is 25.5 Å². The summed E-state index contributed by atoms with van der Waals surface area (Å²) < 4.78 is 0. The Hall–Kier alpha value is -2.96. The van der Waals surface area contributed by atoms with E-state index >= 15 is 0 Å². The molecule has 2 amide bonds. The molecule has 2 aromatic rings. The first kappa shape index (κ1) is 16.9. The smallest absolute Gasteiger partial charge is 0.243 e. The van der Waals surface area contributed by atoms with Gasteiger partial charge in [0.1, 0.15) is 0 Å². The van der Waals surface area contributed by atoms with E-state index in [9.17, 15) is 9.59 Å². The highest BCUT2D eigenvalue weighted by atomic mass is 16.2. The van der Waals surface area contributed by atoms with Gasteiger partial charge in [0.15, 0.2) is 0 Å². The maximum atomic E-state index is 12.3. The van der Waals surface area contributed by atoms with E-state index < -0.39 is 0 Å². The van der Waals surface area contributed by atoms with Crippen molar-refractivity contribution in [3.63, 3.8) is 0 Å². The van der Waals surface area contributed by atoms with Gasteiger partial charge in [-0.05, 0) is 24.5 Å². The van der Waals surface area contributed by atoms with Crippen LogP contribution in [0.5, 0.6) is 0 Å². The lowest BCUT2D eigenvalue weighted by Crippen LogP contribution is -2.49. The zero-order valence-electron chi connectivity index (χ0n) is 13.9. The third-order valence-electron chi connectivity index (χ3n) is 4.16. The number of anilines is 1. The fourth-order valence-corrected chi connectivity index (χ4v) is 2.89. The molecule has 1 fully saturated rings. The second-order valence-electron chi connectivity index (χ2n) is 6.03. The first-order chi connectivity index (χ1) is 12.2. The number of carbonyl (C=O) groups excluding carboxylic acids is 2. The quantitative estimate of drug-likeness (QED) is 0.814. The number of nitrogens with zero attached hydrogens (tertiary/aromatic N) is 3. The molecular weight excluding hydrogens is 318 g/mol. The van der Waals surface area contributed by atoms with E-state index in [0.717, 1.165) is 24.9 Å². The van der Waals surface area contributed by atoms with Gasteiger partial charge in [-0.15, -0.1) is 0 Å². The standard InChI is InChI=1S/C18H21N5O2/c24-16(12-14-6-2-1-3-7-14)21-22-17(25)15-8-4-11-23(13-15)18-19-9-5-10-20-18/h1-3,5-7,9-10,15H,4,8,11-13H2,(H,21,24)(H,22,25). The minimum atomic E-state index is -0.237. The highest BCUT2D eigenvalue weighted by molar-refractivity contribution is 5.84. The minimum absolute atomic E-state index is 0.179. The van der Waals surface area contributed by atoms with Crippen LogP contribution in [0, 0.1) is 5.92 Å². The topological polar surface area (TPSA) is 87.2 Å². The number of nitrogens with one attached hydrogen (secondary N) is 2. The maximum Gasteiger partial charge on any atom is 0.243 e. The number of amides is 2. The predicted molar refractivity (Wildman–Crippen MR) is 93.4 cm³/mol. The van der Waals surface area contributed by atoms with Gasteiger partial charge in [0.2, 0.25) is 17.8 Å². The summed E-state index contributed by atoms with van der Waals surface area (Å²) >= 11 is 0. The molecule has 0 bridgehead atoms. The van der Waals surface area contributed by atoms with Crippen molar-refractivity contribution in [2.24, 2.45) is 5.92 Å². The van der Waals surface area contributed by atoms with Crippen molar-refractivity contribution in [1.29, 1.82) is 0 Å². The van der Waals surface area contributed by atoms with Crippen molar-refractivity contribution in [3.05, 3.63) is 54.4 Å². The van der Waals surface area contributed by atoms with Crippen molar-refractivity contribution in [1.82, 2.24) is 20.8 Å². The lowest BCUT2D eigenvalue weighted by Gasteiger charge is -2.31. The summed E-state index contributed by atoms with van der Waals surface area (Å²) in [5.74, 6) is 0.0170. The SMILES string of the molecule is O=C(Cc1ccccc1)NNC(=O)C1CCCN(c2ncccn2)C1. The summed E-state index contributed by atoms with van der Waals surface area (Å²) in [6.07, 6.45) is 5.28. The molecule has 1 saturated heterocycles. The molecule has 1 unspecified atom stereocenters. The van der Waals surface area contributed by atoms with Crippen LogP contribution in [0.15, 0.2) is 48.8 Å². The fraction of sp³-hybridized carbons (Fsp3) is 0.333. The number of benzene rings is 1. The zero-order valence-corrected chi connectivity index (χ0v) is 13.9. The van der Waals surface area contributed by atoms with Gasteiger partial charge in [0.25, 0.3) is 0 Å². The van der Waals surface area contributed by atoms with Crippen molar-refractivity contribution in [3.8, 4) is 0 Å². The molecule has 25 heavy (non-hydrogen) atoms.